The van der Waals surface area contributed by atoms with Crippen LogP contribution in [-0.2, 0) is 0 Å². The molecule has 2 aromatic carbocycles. The van der Waals surface area contributed by atoms with Gasteiger partial charge >= 0.3 is 0 Å². The fourth-order valence-corrected chi connectivity index (χ4v) is 4.97. The molecule has 0 saturated carbocycles. The molecule has 2 rings (SSSR count). The van der Waals surface area contributed by atoms with Crippen LogP contribution in [0, 0.1) is 6.92 Å². The molecule has 1 unspecified atom stereocenters. The molecule has 0 bridgehead atoms. The molecule has 3 heteroatoms. The molecule has 2 atom stereocenters. The number of hydrogen-bond acceptors (Lipinski definition) is 3. The summed E-state index contributed by atoms with van der Waals surface area (Å²) in [6, 6.07) is 17.6. The number of benzene rings is 2. The minimum atomic E-state index is 0.477. The molecular formula is C18H22S3. The number of rotatable bonds is 6. The topological polar surface area (TPSA) is 0 Å². The Balaban J connectivity index is 2.38. The Morgan fingerprint density at radius 3 is 2.29 bits per heavy atom. The maximum atomic E-state index is 2.36. The van der Waals surface area contributed by atoms with Crippen molar-refractivity contribution in [2.75, 3.05) is 12.5 Å². The third-order valence-corrected chi connectivity index (χ3v) is 6.96. The Labute approximate surface area is 141 Å². The number of hydrogen-bond donors (Lipinski definition) is 0. The maximum absolute atomic E-state index is 2.36. The molecule has 0 aliphatic heterocycles. The zero-order chi connectivity index (χ0) is 15.2. The Morgan fingerprint density at radius 2 is 1.67 bits per heavy atom. The van der Waals surface area contributed by atoms with Crippen molar-refractivity contribution in [2.45, 2.75) is 34.1 Å². The van der Waals surface area contributed by atoms with Gasteiger partial charge in [-0.25, -0.2) is 0 Å². The van der Waals surface area contributed by atoms with E-state index in [1.165, 1.54) is 20.9 Å². The van der Waals surface area contributed by atoms with Gasteiger partial charge < -0.3 is 0 Å². The predicted molar refractivity (Wildman–Crippen MR) is 101 cm³/mol. The predicted octanol–water partition coefficient (Wildman–Crippen LogP) is 6.30. The van der Waals surface area contributed by atoms with Gasteiger partial charge in [0.05, 0.1) is 0 Å². The molecular weight excluding hydrogens is 312 g/mol. The van der Waals surface area contributed by atoms with Gasteiger partial charge in [-0.1, -0.05) is 42.8 Å². The van der Waals surface area contributed by atoms with Gasteiger partial charge in [-0.05, 0) is 43.2 Å². The molecule has 0 N–H and O–H groups in total. The molecule has 0 heterocycles. The summed E-state index contributed by atoms with van der Waals surface area (Å²) in [7, 11) is 0. The Hall–Kier alpha value is -0.510. The first-order chi connectivity index (χ1) is 10.2. The zero-order valence-electron chi connectivity index (χ0n) is 13.0. The first-order valence-corrected chi connectivity index (χ1v) is 10.4. The maximum Gasteiger partial charge on any atom is 0.0471 e. The van der Waals surface area contributed by atoms with Gasteiger partial charge in [-0.2, -0.15) is 11.8 Å². The van der Waals surface area contributed by atoms with E-state index in [9.17, 15) is 0 Å². The highest BCUT2D eigenvalue weighted by Gasteiger charge is 2.22. The van der Waals surface area contributed by atoms with Crippen LogP contribution in [0.4, 0.5) is 0 Å². The van der Waals surface area contributed by atoms with Crippen molar-refractivity contribution >= 4 is 35.3 Å². The van der Waals surface area contributed by atoms with Crippen molar-refractivity contribution in [3.63, 3.8) is 0 Å². The molecule has 112 valence electrons. The molecule has 0 saturated heterocycles. The van der Waals surface area contributed by atoms with E-state index in [4.69, 9.17) is 0 Å². The average molecular weight is 335 g/mol. The average Bonchev–Trinajstić information content (AvgIpc) is 2.53. The van der Waals surface area contributed by atoms with Gasteiger partial charge in [0.2, 0.25) is 0 Å². The Kier molecular flexibility index (Phi) is 6.59. The van der Waals surface area contributed by atoms with E-state index in [1.807, 2.05) is 35.3 Å². The Morgan fingerprint density at radius 1 is 0.952 bits per heavy atom. The molecule has 0 amide bonds. The van der Waals surface area contributed by atoms with E-state index < -0.39 is 0 Å². The standard InChI is InChI=1S/C18H22S3/c1-13-10-11-17(20-4)16(12-13)18(14(2)19-3)21-15-8-6-5-7-9-15/h5-12,14,18H,1-4H3/t14?,18-/m0/s1. The van der Waals surface area contributed by atoms with Gasteiger partial charge in [-0.15, -0.1) is 23.5 Å². The largest absolute Gasteiger partial charge is 0.161 e. The van der Waals surface area contributed by atoms with Crippen molar-refractivity contribution in [3.05, 3.63) is 59.7 Å². The van der Waals surface area contributed by atoms with Crippen LogP contribution in [-0.4, -0.2) is 17.8 Å². The molecule has 0 aromatic heterocycles. The normalized spacial score (nSPS) is 13.9. The van der Waals surface area contributed by atoms with E-state index in [1.54, 1.807) is 0 Å². The van der Waals surface area contributed by atoms with Crippen molar-refractivity contribution in [3.8, 4) is 0 Å². The summed E-state index contributed by atoms with van der Waals surface area (Å²) >= 11 is 5.77. The lowest BCUT2D eigenvalue weighted by Gasteiger charge is -2.25. The molecule has 0 radical (unpaired) electrons. The number of thioether (sulfide) groups is 3. The minimum Gasteiger partial charge on any atom is -0.161 e. The van der Waals surface area contributed by atoms with Crippen molar-refractivity contribution in [1.82, 2.24) is 0 Å². The minimum absolute atomic E-state index is 0.477. The Bertz CT molecular complexity index is 566. The molecule has 0 spiro atoms. The molecule has 0 aliphatic rings. The second kappa shape index (κ2) is 8.21. The van der Waals surface area contributed by atoms with Gasteiger partial charge in [0.15, 0.2) is 0 Å². The molecule has 0 fully saturated rings. The van der Waals surface area contributed by atoms with Crippen LogP contribution >= 0.6 is 35.3 Å². The fraction of sp³-hybridized carbons (Fsp3) is 0.333. The first-order valence-electron chi connectivity index (χ1n) is 7.04. The summed E-state index contributed by atoms with van der Waals surface area (Å²) in [4.78, 5) is 2.74. The molecule has 0 nitrogen and oxygen atoms in total. The smallest absolute Gasteiger partial charge is 0.0471 e. The van der Waals surface area contributed by atoms with Crippen LogP contribution in [0.2, 0.25) is 0 Å². The third-order valence-electron chi connectivity index (χ3n) is 3.50. The van der Waals surface area contributed by atoms with Crippen molar-refractivity contribution in [2.24, 2.45) is 0 Å². The van der Waals surface area contributed by atoms with E-state index in [0.29, 0.717) is 10.5 Å². The monoisotopic (exact) mass is 334 g/mol. The van der Waals surface area contributed by atoms with Crippen LogP contribution in [0.25, 0.3) is 0 Å². The highest BCUT2D eigenvalue weighted by molar-refractivity contribution is 8.03. The van der Waals surface area contributed by atoms with Crippen LogP contribution < -0.4 is 0 Å². The molecule has 2 aromatic rings. The third kappa shape index (κ3) is 4.48. The second-order valence-corrected chi connectivity index (χ2v) is 8.32. The summed E-state index contributed by atoms with van der Waals surface area (Å²) in [5.74, 6) is 0. The van der Waals surface area contributed by atoms with E-state index in [0.717, 1.165) is 0 Å². The number of aryl methyl sites for hydroxylation is 1. The highest BCUT2D eigenvalue weighted by atomic mass is 32.2. The van der Waals surface area contributed by atoms with Crippen LogP contribution in [0.5, 0.6) is 0 Å². The summed E-state index contributed by atoms with van der Waals surface area (Å²) in [6.07, 6.45) is 4.37. The van der Waals surface area contributed by atoms with Crippen LogP contribution in [0.3, 0.4) is 0 Å². The van der Waals surface area contributed by atoms with Gasteiger partial charge in [0.1, 0.15) is 0 Å². The van der Waals surface area contributed by atoms with Gasteiger partial charge in [-0.3, -0.25) is 0 Å². The zero-order valence-corrected chi connectivity index (χ0v) is 15.4. The molecule has 0 aliphatic carbocycles. The molecule has 21 heavy (non-hydrogen) atoms. The van der Waals surface area contributed by atoms with Crippen molar-refractivity contribution in [1.29, 1.82) is 0 Å². The lowest BCUT2D eigenvalue weighted by Crippen LogP contribution is -2.09. The van der Waals surface area contributed by atoms with Crippen molar-refractivity contribution < 1.29 is 0 Å². The van der Waals surface area contributed by atoms with Gasteiger partial charge in [0.25, 0.3) is 0 Å². The first kappa shape index (κ1) is 16.9. The highest BCUT2D eigenvalue weighted by Crippen LogP contribution is 2.44. The van der Waals surface area contributed by atoms with E-state index >= 15 is 0 Å². The SMILES string of the molecule is CSc1ccc(C)cc1[C@@H](Sc1ccccc1)C(C)SC. The van der Waals surface area contributed by atoms with Gasteiger partial charge in [0, 0.05) is 20.3 Å². The van der Waals surface area contributed by atoms with Crippen LogP contribution in [0.15, 0.2) is 58.3 Å². The van der Waals surface area contributed by atoms with E-state index in [-0.39, 0.29) is 0 Å². The quantitative estimate of drug-likeness (QED) is 0.569. The fourth-order valence-electron chi connectivity index (χ4n) is 2.26. The lowest BCUT2D eigenvalue weighted by molar-refractivity contribution is 0.894. The van der Waals surface area contributed by atoms with E-state index in [2.05, 4.69) is 74.9 Å². The summed E-state index contributed by atoms with van der Waals surface area (Å²) in [5, 5.41) is 1.05. The summed E-state index contributed by atoms with van der Waals surface area (Å²) < 4.78 is 0. The summed E-state index contributed by atoms with van der Waals surface area (Å²) in [5.41, 5.74) is 2.81. The second-order valence-electron chi connectivity index (χ2n) is 5.04. The summed E-state index contributed by atoms with van der Waals surface area (Å²) in [6.45, 7) is 4.51. The lowest BCUT2D eigenvalue weighted by atomic mass is 10.1. The van der Waals surface area contributed by atoms with Crippen LogP contribution in [0.1, 0.15) is 23.3 Å².